The smallest absolute Gasteiger partial charge is 0.330 e. The molecule has 0 saturated carbocycles. The fourth-order valence-electron chi connectivity index (χ4n) is 13.4. The second kappa shape index (κ2) is 39.7. The van der Waals surface area contributed by atoms with Crippen molar-refractivity contribution in [1.29, 1.82) is 0 Å². The Kier molecular flexibility index (Phi) is 29.7. The Morgan fingerprint density at radius 3 is 1.11 bits per heavy atom. The van der Waals surface area contributed by atoms with Gasteiger partial charge in [-0.3, -0.25) is 4.79 Å². The lowest BCUT2D eigenvalue weighted by atomic mass is 9.97. The molecule has 24 N–H and O–H groups in total. The zero-order valence-corrected chi connectivity index (χ0v) is 63.2. The Morgan fingerprint density at radius 2 is 0.680 bits per heavy atom. The second-order valence-corrected chi connectivity index (χ2v) is 28.7. The number of phenols is 4. The highest BCUT2D eigenvalue weighted by Crippen LogP contribution is 2.45. The zero-order chi connectivity index (χ0) is 88.0. The summed E-state index contributed by atoms with van der Waals surface area (Å²) in [4.78, 5) is 53.1. The third-order valence-electron chi connectivity index (χ3n) is 20.3. The van der Waals surface area contributed by atoms with Crippen LogP contribution in [0, 0.1) is 0 Å². The van der Waals surface area contributed by atoms with Crippen LogP contribution in [0.1, 0.15) is 16.7 Å². The van der Waals surface area contributed by atoms with Crippen LogP contribution in [0.25, 0.3) is 40.9 Å². The normalized spacial score (nSPS) is 34.4. The quantitative estimate of drug-likeness (QED) is 0.0123. The number of esters is 3. The molecule has 44 heteroatoms. The fourth-order valence-corrected chi connectivity index (χ4v) is 13.4. The van der Waals surface area contributed by atoms with Crippen molar-refractivity contribution in [3.8, 4) is 74.4 Å². The number of carbonyl (C=O) groups is 3. The largest absolute Gasteiger partial charge is 0.508 e. The van der Waals surface area contributed by atoms with E-state index in [0.717, 1.165) is 78.9 Å². The zero-order valence-electron chi connectivity index (χ0n) is 63.2. The minimum absolute atomic E-state index is 0.0560. The first-order chi connectivity index (χ1) is 58.1. The highest BCUT2D eigenvalue weighted by atomic mass is 16.8. The number of phenolic OH excluding ortho intramolecular Hbond substituents is 4. The van der Waals surface area contributed by atoms with E-state index >= 15 is 0 Å². The first-order valence-electron chi connectivity index (χ1n) is 37.4. The van der Waals surface area contributed by atoms with Crippen molar-refractivity contribution in [2.45, 2.75) is 184 Å². The minimum Gasteiger partial charge on any atom is -0.508 e. The molecule has 0 aromatic heterocycles. The molecule has 12 rings (SSSR count). The lowest BCUT2D eigenvalue weighted by molar-refractivity contribution is -0.358. The monoisotopic (exact) mass is 1730 g/mol. The van der Waals surface area contributed by atoms with Crippen LogP contribution in [0.4, 0.5) is 0 Å². The summed E-state index contributed by atoms with van der Waals surface area (Å²) in [5.74, 6) is -7.97. The van der Waals surface area contributed by atoms with Crippen molar-refractivity contribution in [3.63, 3.8) is 0 Å². The molecule has 0 spiro atoms. The standard InChI is InChI=1S/C78H88O44/c79-23-45-54(90)60(96)66(102)74(116-45)112-41-21-34(83)20-40-35(41)22-44(71(110-40)32-7-9-33(82)10-8-32)115-78-72(122-77-70(106)64(100)58(94)49(120-77)27-108-53(89)16-6-31-2-12-37(85)43(19-31)114-76-68(104)62(98)56(92)47(25-81)118-76)65(101)59(95)50(121-78)28-109-51(87)14-4-29-3-13-39(38(86)17-29)111-73-69(105)63(99)57(93)48(119-73)26-107-52(88)15-5-30-1-11-36(84)42(18-30)113-75-67(103)61(97)55(91)46(24-80)117-75/h1-22,45-50,54-70,72-82,84-86,90-106H,23-28H2/b14-4+,15-5?,16-6?/t45-,46-,47-,48-,49-,50-,54-,55-,56-,57-,58-,59-,60+,61+,62+,63+,64+,65+,66-,67-,68-,69-,70-,72-,73-,74-,75-,76-,77+,78-/m1/s1. The number of rotatable bonds is 28. The van der Waals surface area contributed by atoms with E-state index in [4.69, 9.17) is 75.5 Å². The topological polar surface area (TPSA) is 705 Å². The Morgan fingerprint density at radius 1 is 0.328 bits per heavy atom. The van der Waals surface area contributed by atoms with Gasteiger partial charge >= 0.3 is 17.9 Å². The molecule has 1 aliphatic carbocycles. The summed E-state index contributed by atoms with van der Waals surface area (Å²) in [6, 6.07) is 18.7. The van der Waals surface area contributed by atoms with Crippen molar-refractivity contribution in [2.24, 2.45) is 0 Å². The predicted molar refractivity (Wildman–Crippen MR) is 396 cm³/mol. The van der Waals surface area contributed by atoms with Crippen LogP contribution in [0.3, 0.4) is 0 Å². The molecular formula is C78H88O44. The molecule has 44 nitrogen and oxygen atoms in total. The number of hydrogen-bond donors (Lipinski definition) is 24. The van der Waals surface area contributed by atoms with E-state index in [-0.39, 0.29) is 56.6 Å². The second-order valence-electron chi connectivity index (χ2n) is 28.7. The third-order valence-corrected chi connectivity index (χ3v) is 20.3. The highest BCUT2D eigenvalue weighted by molar-refractivity contribution is 5.88. The van der Waals surface area contributed by atoms with Crippen LogP contribution < -0.4 is 29.1 Å². The molecular weight excluding hydrogens is 1640 g/mol. The van der Waals surface area contributed by atoms with Crippen molar-refractivity contribution >= 4 is 36.1 Å². The fraction of sp³-hybridized carbons (Fsp3) is 0.462. The number of hydrogen-bond acceptors (Lipinski definition) is 44. The van der Waals surface area contributed by atoms with Gasteiger partial charge in [-0.2, -0.15) is 0 Å². The molecule has 4 aromatic rings. The first kappa shape index (κ1) is 91.3. The molecule has 7 aliphatic heterocycles. The van der Waals surface area contributed by atoms with E-state index in [1.54, 1.807) is 0 Å². The molecule has 0 bridgehead atoms. The van der Waals surface area contributed by atoms with Gasteiger partial charge in [0, 0.05) is 35.9 Å². The van der Waals surface area contributed by atoms with Gasteiger partial charge in [0.2, 0.25) is 31.5 Å². The van der Waals surface area contributed by atoms with Crippen LogP contribution in [0.2, 0.25) is 0 Å². The number of fused-ring (bicyclic) bond motifs is 1. The summed E-state index contributed by atoms with van der Waals surface area (Å²) >= 11 is 0. The van der Waals surface area contributed by atoms with E-state index in [1.807, 2.05) is 0 Å². The number of benzene rings is 5. The summed E-state index contributed by atoms with van der Waals surface area (Å²) in [5, 5.41) is 256. The van der Waals surface area contributed by atoms with Crippen molar-refractivity contribution in [3.05, 3.63) is 142 Å². The Labute approximate surface area is 686 Å². The third kappa shape index (κ3) is 20.8. The molecule has 0 amide bonds. The van der Waals surface area contributed by atoms with Crippen molar-refractivity contribution in [1.82, 2.24) is 0 Å². The van der Waals surface area contributed by atoms with Gasteiger partial charge in [-0.15, -0.1) is 0 Å². The van der Waals surface area contributed by atoms with Crippen LogP contribution in [-0.4, -0.2) is 364 Å². The molecule has 122 heavy (non-hydrogen) atoms. The van der Waals surface area contributed by atoms with Gasteiger partial charge in [0.1, 0.15) is 177 Å². The number of carbonyl (C=O) groups excluding carboxylic acids is 3. The molecule has 8 aliphatic rings. The Hall–Kier alpha value is -9.94. The maximum Gasteiger partial charge on any atom is 0.330 e. The lowest BCUT2D eigenvalue weighted by Crippen LogP contribution is -2.65. The number of aromatic hydroxyl groups is 4. The molecule has 6 saturated heterocycles. The van der Waals surface area contributed by atoms with E-state index in [1.165, 1.54) is 54.6 Å². The van der Waals surface area contributed by atoms with Gasteiger partial charge < -0.3 is 198 Å². The lowest BCUT2D eigenvalue weighted by Gasteiger charge is -2.46. The Balaban J connectivity index is 0.735. The highest BCUT2D eigenvalue weighted by Gasteiger charge is 2.54. The van der Waals surface area contributed by atoms with Crippen molar-refractivity contribution in [2.75, 3.05) is 39.6 Å². The molecule has 30 atom stereocenters. The van der Waals surface area contributed by atoms with Crippen molar-refractivity contribution < 1.29 is 212 Å². The summed E-state index contributed by atoms with van der Waals surface area (Å²) in [7, 11) is 0. The molecule has 664 valence electrons. The molecule has 0 radical (unpaired) electrons. The summed E-state index contributed by atoms with van der Waals surface area (Å²) < 4.78 is 91.4. The number of ether oxygens (including phenoxy) is 15. The molecule has 6 fully saturated rings. The van der Waals surface area contributed by atoms with Gasteiger partial charge in [-0.05, 0) is 102 Å². The van der Waals surface area contributed by atoms with Gasteiger partial charge in [0.05, 0.1) is 25.4 Å². The molecule has 7 heterocycles. The van der Waals surface area contributed by atoms with E-state index in [2.05, 4.69) is 0 Å². The molecule has 4 aromatic carbocycles. The first-order valence-corrected chi connectivity index (χ1v) is 37.4. The van der Waals surface area contributed by atoms with Gasteiger partial charge in [0.25, 0.3) is 0 Å². The SMILES string of the molecule is O=C(C=Cc1ccc(O)c(O[C@@H]2O[C@H](CO)[C@@H](O)[C@H](O)[C@H]2O)c1)OC[C@H]1O[C@@H](Oc2ccc(/C=C/C(=O)OC[C@H]3O[C@@H](Oc4cc5c(O[C@@H]6O[C@H](CO)[C@@H](O)[C@H](O)[C@H]6O)cc(=O)cc-5oc4-c4ccc(O)cc4)[C@H](O[C@@H]4O[C@H](COC(=O)C=Cc5ccc(O)c(O[C@@H]6O[C@H](CO)[C@@H](O)[C@H](O)[C@H]6O)c5)[C@@H](O)[C@H](O)[C@H]4O)[C@@H](O)[C@@H]3O)cc2O)[C@H](O)[C@@H](O)[C@@H]1O. The van der Waals surface area contributed by atoms with Gasteiger partial charge in [-0.25, -0.2) is 14.4 Å². The van der Waals surface area contributed by atoms with E-state index in [9.17, 15) is 142 Å². The van der Waals surface area contributed by atoms with Crippen LogP contribution >= 0.6 is 0 Å². The Bertz CT molecular complexity index is 4670. The van der Waals surface area contributed by atoms with E-state index < -0.39 is 282 Å². The van der Waals surface area contributed by atoms with Crippen LogP contribution in [0.5, 0.6) is 51.7 Å². The summed E-state index contributed by atoms with van der Waals surface area (Å²) in [6.45, 7) is -5.11. The molecule has 0 unspecified atom stereocenters. The summed E-state index contributed by atoms with van der Waals surface area (Å²) in [5.41, 5.74) is -0.560. The summed E-state index contributed by atoms with van der Waals surface area (Å²) in [6.07, 6.45) is -50.8. The van der Waals surface area contributed by atoms with Gasteiger partial charge in [-0.1, -0.05) is 18.2 Å². The van der Waals surface area contributed by atoms with Gasteiger partial charge in [0.15, 0.2) is 63.8 Å². The average molecular weight is 1730 g/mol. The average Bonchev–Trinajstić information content (AvgIpc) is 0.764. The maximum atomic E-state index is 13.6. The minimum atomic E-state index is -2.31. The number of aliphatic hydroxyl groups is 20. The predicted octanol–water partition coefficient (Wildman–Crippen LogP) is -7.26. The van der Waals surface area contributed by atoms with Crippen LogP contribution in [-0.2, 0) is 61.8 Å². The van der Waals surface area contributed by atoms with E-state index in [0.29, 0.717) is 0 Å². The maximum absolute atomic E-state index is 13.6. The number of aliphatic hydroxyl groups excluding tert-OH is 20. The van der Waals surface area contributed by atoms with Crippen LogP contribution in [0.15, 0.2) is 125 Å².